The van der Waals surface area contributed by atoms with Gasteiger partial charge in [-0.2, -0.15) is 0 Å². The highest BCUT2D eigenvalue weighted by Gasteiger charge is 2.39. The molecule has 0 amide bonds. The van der Waals surface area contributed by atoms with Crippen LogP contribution < -0.4 is 0 Å². The first-order valence-corrected chi connectivity index (χ1v) is 10.3. The van der Waals surface area contributed by atoms with Gasteiger partial charge < -0.3 is 15.3 Å². The zero-order valence-corrected chi connectivity index (χ0v) is 16.4. The van der Waals surface area contributed by atoms with Gasteiger partial charge >= 0.3 is 5.97 Å². The zero-order chi connectivity index (χ0) is 20.4. The van der Waals surface area contributed by atoms with Gasteiger partial charge in [0.2, 0.25) is 0 Å². The lowest BCUT2D eigenvalue weighted by atomic mass is 9.88. The van der Waals surface area contributed by atoms with Crippen LogP contribution in [0.3, 0.4) is 0 Å². The van der Waals surface area contributed by atoms with Crippen molar-refractivity contribution in [1.29, 1.82) is 0 Å². The maximum atomic E-state index is 12.2. The number of aliphatic hydroxyl groups excluding tert-OH is 2. The van der Waals surface area contributed by atoms with E-state index in [0.717, 1.165) is 32.1 Å². The number of ketones is 1. The van der Waals surface area contributed by atoms with Crippen LogP contribution in [0.15, 0.2) is 42.5 Å². The molecule has 0 unspecified atom stereocenters. The third-order valence-electron chi connectivity index (χ3n) is 5.53. The van der Waals surface area contributed by atoms with E-state index < -0.39 is 18.2 Å². The lowest BCUT2D eigenvalue weighted by Crippen LogP contribution is -2.19. The third-order valence-corrected chi connectivity index (χ3v) is 5.53. The molecular weight excluding hydrogens is 356 g/mol. The summed E-state index contributed by atoms with van der Waals surface area (Å²) >= 11 is 0. The normalized spacial score (nSPS) is 23.4. The van der Waals surface area contributed by atoms with Gasteiger partial charge in [-0.3, -0.25) is 9.59 Å². The number of Topliss-reactive ketones (excluding diaryl/α,β-unsaturated/α-hetero) is 1. The molecule has 2 rings (SSSR count). The maximum Gasteiger partial charge on any atom is 0.303 e. The summed E-state index contributed by atoms with van der Waals surface area (Å²) in [4.78, 5) is 22.8. The summed E-state index contributed by atoms with van der Waals surface area (Å²) in [6.07, 6.45) is 8.02. The van der Waals surface area contributed by atoms with E-state index >= 15 is 0 Å². The van der Waals surface area contributed by atoms with Gasteiger partial charge in [0.05, 0.1) is 12.2 Å². The molecule has 1 aliphatic carbocycles. The quantitative estimate of drug-likeness (QED) is 0.376. The van der Waals surface area contributed by atoms with Gasteiger partial charge in [-0.15, -0.1) is 0 Å². The van der Waals surface area contributed by atoms with Crippen molar-refractivity contribution in [2.24, 2.45) is 11.8 Å². The van der Waals surface area contributed by atoms with E-state index in [4.69, 9.17) is 5.11 Å². The monoisotopic (exact) mass is 388 g/mol. The van der Waals surface area contributed by atoms with Crippen LogP contribution in [0.5, 0.6) is 0 Å². The molecule has 154 valence electrons. The SMILES string of the molecule is O=C(O)CCCCCC[C@H]1[C@@H](O)CC(=O)[C@@H]1/C=C/[C@@H](O)CCc1ccccc1. The number of hydrogen-bond acceptors (Lipinski definition) is 4. The Hall–Kier alpha value is -1.98. The number of aliphatic hydroxyl groups is 2. The molecule has 0 bridgehead atoms. The predicted octanol–water partition coefficient (Wildman–Crippen LogP) is 3.53. The summed E-state index contributed by atoms with van der Waals surface area (Å²) < 4.78 is 0. The lowest BCUT2D eigenvalue weighted by Gasteiger charge is -2.18. The molecule has 0 spiro atoms. The fourth-order valence-corrected chi connectivity index (χ4v) is 3.91. The Bertz CT molecular complexity index is 640. The molecule has 5 heteroatoms. The maximum absolute atomic E-state index is 12.2. The molecule has 1 aromatic rings. The van der Waals surface area contributed by atoms with E-state index in [1.165, 1.54) is 5.56 Å². The Morgan fingerprint density at radius 2 is 1.86 bits per heavy atom. The second kappa shape index (κ2) is 11.8. The van der Waals surface area contributed by atoms with Crippen molar-refractivity contribution in [1.82, 2.24) is 0 Å². The lowest BCUT2D eigenvalue weighted by molar-refractivity contribution is -0.137. The van der Waals surface area contributed by atoms with Gasteiger partial charge in [-0.1, -0.05) is 61.7 Å². The van der Waals surface area contributed by atoms with E-state index in [1.807, 2.05) is 30.3 Å². The number of rotatable bonds is 12. The highest BCUT2D eigenvalue weighted by Crippen LogP contribution is 2.34. The van der Waals surface area contributed by atoms with Crippen LogP contribution in [-0.2, 0) is 16.0 Å². The fourth-order valence-electron chi connectivity index (χ4n) is 3.91. The minimum absolute atomic E-state index is 0.0369. The predicted molar refractivity (Wildman–Crippen MR) is 108 cm³/mol. The van der Waals surface area contributed by atoms with Gasteiger partial charge in [0, 0.05) is 18.8 Å². The van der Waals surface area contributed by atoms with Crippen molar-refractivity contribution >= 4 is 11.8 Å². The number of benzene rings is 1. The smallest absolute Gasteiger partial charge is 0.303 e. The molecule has 3 N–H and O–H groups in total. The minimum Gasteiger partial charge on any atom is -0.481 e. The molecule has 1 saturated carbocycles. The number of carboxylic acids is 1. The molecule has 28 heavy (non-hydrogen) atoms. The number of carbonyl (C=O) groups excluding carboxylic acids is 1. The van der Waals surface area contributed by atoms with E-state index in [1.54, 1.807) is 12.2 Å². The minimum atomic E-state index is -0.771. The average Bonchev–Trinajstić information content (AvgIpc) is 2.94. The summed E-state index contributed by atoms with van der Waals surface area (Å²) in [6, 6.07) is 9.97. The summed E-state index contributed by atoms with van der Waals surface area (Å²) in [6.45, 7) is 0. The molecule has 0 saturated heterocycles. The Labute approximate surface area is 167 Å². The van der Waals surface area contributed by atoms with Crippen molar-refractivity contribution in [2.75, 3.05) is 0 Å². The Morgan fingerprint density at radius 1 is 1.14 bits per heavy atom. The highest BCUT2D eigenvalue weighted by molar-refractivity contribution is 5.85. The topological polar surface area (TPSA) is 94.8 Å². The van der Waals surface area contributed by atoms with Crippen LogP contribution in [0.1, 0.15) is 56.9 Å². The van der Waals surface area contributed by atoms with E-state index in [-0.39, 0.29) is 30.5 Å². The number of carboxylic acid groups (broad SMARTS) is 1. The Kier molecular flexibility index (Phi) is 9.38. The molecule has 0 radical (unpaired) electrons. The number of unbranched alkanes of at least 4 members (excludes halogenated alkanes) is 3. The Balaban J connectivity index is 1.77. The van der Waals surface area contributed by atoms with E-state index in [0.29, 0.717) is 12.8 Å². The molecule has 0 aliphatic heterocycles. The van der Waals surface area contributed by atoms with E-state index in [9.17, 15) is 19.8 Å². The van der Waals surface area contributed by atoms with Gasteiger partial charge in [-0.25, -0.2) is 0 Å². The first-order chi connectivity index (χ1) is 13.5. The van der Waals surface area contributed by atoms with Crippen LogP contribution in [-0.4, -0.2) is 39.3 Å². The van der Waals surface area contributed by atoms with Crippen molar-refractivity contribution in [3.8, 4) is 0 Å². The van der Waals surface area contributed by atoms with Crippen LogP contribution in [0, 0.1) is 11.8 Å². The van der Waals surface area contributed by atoms with Crippen molar-refractivity contribution in [2.45, 2.75) is 70.0 Å². The van der Waals surface area contributed by atoms with Crippen LogP contribution in [0.2, 0.25) is 0 Å². The second-order valence-corrected chi connectivity index (χ2v) is 7.75. The largest absolute Gasteiger partial charge is 0.481 e. The van der Waals surface area contributed by atoms with E-state index in [2.05, 4.69) is 0 Å². The van der Waals surface area contributed by atoms with Crippen LogP contribution >= 0.6 is 0 Å². The summed E-state index contributed by atoms with van der Waals surface area (Å²) in [5, 5.41) is 29.1. The highest BCUT2D eigenvalue weighted by atomic mass is 16.4. The summed E-state index contributed by atoms with van der Waals surface area (Å²) in [5.41, 5.74) is 1.17. The molecule has 1 aliphatic rings. The van der Waals surface area contributed by atoms with Gasteiger partial charge in [0.15, 0.2) is 0 Å². The summed E-state index contributed by atoms with van der Waals surface area (Å²) in [5.74, 6) is -1.17. The van der Waals surface area contributed by atoms with Gasteiger partial charge in [0.1, 0.15) is 5.78 Å². The molecule has 1 aromatic carbocycles. The number of hydrogen-bond donors (Lipinski definition) is 3. The second-order valence-electron chi connectivity index (χ2n) is 7.75. The van der Waals surface area contributed by atoms with Gasteiger partial charge in [0.25, 0.3) is 0 Å². The number of aliphatic carboxylic acids is 1. The van der Waals surface area contributed by atoms with Crippen LogP contribution in [0.25, 0.3) is 0 Å². The number of aryl methyl sites for hydroxylation is 1. The first-order valence-electron chi connectivity index (χ1n) is 10.3. The molecule has 5 nitrogen and oxygen atoms in total. The molecule has 0 heterocycles. The fraction of sp³-hybridized carbons (Fsp3) is 0.565. The average molecular weight is 389 g/mol. The molecule has 1 fully saturated rings. The first kappa shape index (κ1) is 22.3. The van der Waals surface area contributed by atoms with Crippen molar-refractivity contribution in [3.05, 3.63) is 48.0 Å². The Morgan fingerprint density at radius 3 is 2.57 bits per heavy atom. The van der Waals surface area contributed by atoms with Crippen LogP contribution in [0.4, 0.5) is 0 Å². The van der Waals surface area contributed by atoms with Crippen molar-refractivity contribution in [3.63, 3.8) is 0 Å². The number of allylic oxidation sites excluding steroid dienone is 1. The molecule has 0 aromatic heterocycles. The summed E-state index contributed by atoms with van der Waals surface area (Å²) in [7, 11) is 0. The molecular formula is C23H32O5. The standard InChI is InChI=1S/C23H32O5/c24-18(13-12-17-8-4-3-5-9-17)14-15-20-19(21(25)16-22(20)26)10-6-1-2-7-11-23(27)28/h3-5,8-9,14-15,18-21,24-25H,1-2,6-7,10-13,16H2,(H,27,28)/b15-14+/t18-,19+,20+,21-/m0/s1. The number of carbonyl (C=O) groups is 2. The third kappa shape index (κ3) is 7.56. The molecule has 4 atom stereocenters. The zero-order valence-electron chi connectivity index (χ0n) is 16.4. The van der Waals surface area contributed by atoms with Gasteiger partial charge in [-0.05, 0) is 37.2 Å². The van der Waals surface area contributed by atoms with Crippen molar-refractivity contribution < 1.29 is 24.9 Å².